The van der Waals surface area contributed by atoms with Gasteiger partial charge in [0.05, 0.1) is 0 Å². The number of anilines is 2. The second kappa shape index (κ2) is 8.27. The van der Waals surface area contributed by atoms with Crippen LogP contribution in [0.3, 0.4) is 0 Å². The molecular formula is C24H31N3O2. The Kier molecular flexibility index (Phi) is 5.96. The number of carbonyl (C=O) groups is 2. The van der Waals surface area contributed by atoms with Crippen molar-refractivity contribution in [2.24, 2.45) is 5.41 Å². The van der Waals surface area contributed by atoms with Crippen LogP contribution >= 0.6 is 0 Å². The maximum absolute atomic E-state index is 13.1. The van der Waals surface area contributed by atoms with Gasteiger partial charge in [0.15, 0.2) is 0 Å². The quantitative estimate of drug-likeness (QED) is 0.801. The van der Waals surface area contributed by atoms with Crippen LogP contribution in [0.25, 0.3) is 0 Å². The molecule has 154 valence electrons. The van der Waals surface area contributed by atoms with Crippen LogP contribution in [0.1, 0.15) is 30.5 Å². The van der Waals surface area contributed by atoms with Gasteiger partial charge >= 0.3 is 0 Å². The van der Waals surface area contributed by atoms with Crippen molar-refractivity contribution in [1.29, 1.82) is 0 Å². The summed E-state index contributed by atoms with van der Waals surface area (Å²) in [5, 5.41) is 2.88. The number of hydrogen-bond acceptors (Lipinski definition) is 3. The predicted octanol–water partition coefficient (Wildman–Crippen LogP) is 3.93. The van der Waals surface area contributed by atoms with Crippen LogP contribution in [0.4, 0.5) is 11.4 Å². The van der Waals surface area contributed by atoms with Gasteiger partial charge in [-0.2, -0.15) is 0 Å². The Morgan fingerprint density at radius 1 is 0.897 bits per heavy atom. The normalized spacial score (nSPS) is 14.7. The average Bonchev–Trinajstić information content (AvgIpc) is 2.71. The molecule has 0 aromatic heterocycles. The van der Waals surface area contributed by atoms with Gasteiger partial charge in [-0.05, 0) is 63.9 Å². The van der Waals surface area contributed by atoms with Gasteiger partial charge < -0.3 is 15.1 Å². The topological polar surface area (TPSA) is 52.7 Å². The third-order valence-electron chi connectivity index (χ3n) is 5.90. The molecule has 2 aromatic carbocycles. The lowest BCUT2D eigenvalue weighted by Gasteiger charge is -2.39. The maximum atomic E-state index is 13.1. The van der Waals surface area contributed by atoms with E-state index in [1.54, 1.807) is 13.8 Å². The summed E-state index contributed by atoms with van der Waals surface area (Å²) in [5.41, 5.74) is 4.50. The highest BCUT2D eigenvalue weighted by Gasteiger charge is 2.40. The molecule has 3 rings (SSSR count). The Morgan fingerprint density at radius 2 is 1.52 bits per heavy atom. The van der Waals surface area contributed by atoms with Crippen LogP contribution in [-0.4, -0.2) is 42.9 Å². The highest BCUT2D eigenvalue weighted by molar-refractivity contribution is 6.09. The number of piperazine rings is 1. The van der Waals surface area contributed by atoms with Gasteiger partial charge in [-0.3, -0.25) is 9.59 Å². The summed E-state index contributed by atoms with van der Waals surface area (Å²) >= 11 is 0. The van der Waals surface area contributed by atoms with Gasteiger partial charge in [0.1, 0.15) is 5.41 Å². The molecule has 0 unspecified atom stereocenters. The summed E-state index contributed by atoms with van der Waals surface area (Å²) in [6.07, 6.45) is 0. The summed E-state index contributed by atoms with van der Waals surface area (Å²) in [4.78, 5) is 30.1. The summed E-state index contributed by atoms with van der Waals surface area (Å²) in [6, 6.07) is 13.9. The molecule has 0 aliphatic carbocycles. The van der Waals surface area contributed by atoms with E-state index in [0.29, 0.717) is 18.8 Å². The molecule has 1 fully saturated rings. The molecule has 0 bridgehead atoms. The SMILES string of the molecule is Cc1ccc(NC(=O)C(C)(C)C(=O)N2CCN(c3cccc(C)c3C)CC2)cc1. The third kappa shape index (κ3) is 4.44. The van der Waals surface area contributed by atoms with Crippen molar-refractivity contribution < 1.29 is 9.59 Å². The number of amides is 2. The van der Waals surface area contributed by atoms with Crippen molar-refractivity contribution in [2.45, 2.75) is 34.6 Å². The number of rotatable bonds is 4. The van der Waals surface area contributed by atoms with Crippen molar-refractivity contribution >= 4 is 23.2 Å². The Hall–Kier alpha value is -2.82. The van der Waals surface area contributed by atoms with E-state index in [1.807, 2.05) is 36.1 Å². The number of nitrogens with zero attached hydrogens (tertiary/aromatic N) is 2. The molecule has 5 nitrogen and oxygen atoms in total. The van der Waals surface area contributed by atoms with Crippen molar-refractivity contribution in [3.05, 3.63) is 59.2 Å². The molecule has 1 N–H and O–H groups in total. The lowest BCUT2D eigenvalue weighted by Crippen LogP contribution is -2.54. The second-order valence-corrected chi connectivity index (χ2v) is 8.44. The average molecular weight is 394 g/mol. The molecule has 0 saturated carbocycles. The number of hydrogen-bond donors (Lipinski definition) is 1. The molecule has 0 atom stereocenters. The number of aryl methyl sites for hydroxylation is 2. The highest BCUT2D eigenvalue weighted by Crippen LogP contribution is 2.26. The molecule has 2 amide bonds. The Bertz CT molecular complexity index is 895. The van der Waals surface area contributed by atoms with Crippen LogP contribution in [-0.2, 0) is 9.59 Å². The fourth-order valence-electron chi connectivity index (χ4n) is 3.65. The lowest BCUT2D eigenvalue weighted by molar-refractivity contribution is -0.146. The molecular weight excluding hydrogens is 362 g/mol. The maximum Gasteiger partial charge on any atom is 0.239 e. The van der Waals surface area contributed by atoms with Crippen LogP contribution < -0.4 is 10.2 Å². The van der Waals surface area contributed by atoms with E-state index in [1.165, 1.54) is 16.8 Å². The van der Waals surface area contributed by atoms with Crippen LogP contribution in [0, 0.1) is 26.2 Å². The van der Waals surface area contributed by atoms with Gasteiger partial charge in [0.2, 0.25) is 11.8 Å². The molecule has 5 heteroatoms. The largest absolute Gasteiger partial charge is 0.368 e. The molecule has 1 aliphatic rings. The molecule has 2 aromatic rings. The first-order chi connectivity index (χ1) is 13.7. The van der Waals surface area contributed by atoms with Crippen molar-refractivity contribution in [3.8, 4) is 0 Å². The van der Waals surface area contributed by atoms with Gasteiger partial charge in [-0.15, -0.1) is 0 Å². The van der Waals surface area contributed by atoms with Crippen molar-refractivity contribution in [2.75, 3.05) is 36.4 Å². The van der Waals surface area contributed by atoms with Crippen molar-refractivity contribution in [3.63, 3.8) is 0 Å². The number of carbonyl (C=O) groups excluding carboxylic acids is 2. The first-order valence-electron chi connectivity index (χ1n) is 10.2. The zero-order valence-electron chi connectivity index (χ0n) is 18.1. The number of nitrogens with one attached hydrogen (secondary N) is 1. The van der Waals surface area contributed by atoms with E-state index in [4.69, 9.17) is 0 Å². The van der Waals surface area contributed by atoms with E-state index in [0.717, 1.165) is 18.7 Å². The fraction of sp³-hybridized carbons (Fsp3) is 0.417. The molecule has 1 saturated heterocycles. The van der Waals surface area contributed by atoms with E-state index in [2.05, 4.69) is 42.3 Å². The fourth-order valence-corrected chi connectivity index (χ4v) is 3.65. The Labute approximate surface area is 173 Å². The number of benzene rings is 2. The summed E-state index contributed by atoms with van der Waals surface area (Å²) in [5.74, 6) is -0.397. The van der Waals surface area contributed by atoms with E-state index in [-0.39, 0.29) is 11.8 Å². The van der Waals surface area contributed by atoms with Crippen LogP contribution in [0.15, 0.2) is 42.5 Å². The van der Waals surface area contributed by atoms with Gasteiger partial charge in [0.25, 0.3) is 0 Å². The van der Waals surface area contributed by atoms with E-state index in [9.17, 15) is 9.59 Å². The van der Waals surface area contributed by atoms with Crippen LogP contribution in [0.5, 0.6) is 0 Å². The highest BCUT2D eigenvalue weighted by atomic mass is 16.2. The third-order valence-corrected chi connectivity index (χ3v) is 5.90. The predicted molar refractivity (Wildman–Crippen MR) is 118 cm³/mol. The van der Waals surface area contributed by atoms with Gasteiger partial charge in [-0.25, -0.2) is 0 Å². The molecule has 1 aliphatic heterocycles. The van der Waals surface area contributed by atoms with Gasteiger partial charge in [-0.1, -0.05) is 29.8 Å². The smallest absolute Gasteiger partial charge is 0.239 e. The van der Waals surface area contributed by atoms with Crippen molar-refractivity contribution in [1.82, 2.24) is 4.90 Å². The monoisotopic (exact) mass is 393 g/mol. The minimum Gasteiger partial charge on any atom is -0.368 e. The van der Waals surface area contributed by atoms with Crippen LogP contribution in [0.2, 0.25) is 0 Å². The summed E-state index contributed by atoms with van der Waals surface area (Å²) in [7, 11) is 0. The zero-order valence-corrected chi connectivity index (χ0v) is 18.1. The minimum atomic E-state index is -1.12. The summed E-state index contributed by atoms with van der Waals surface area (Å²) in [6.45, 7) is 12.4. The molecule has 0 spiro atoms. The Balaban J connectivity index is 1.63. The minimum absolute atomic E-state index is 0.122. The van der Waals surface area contributed by atoms with E-state index < -0.39 is 5.41 Å². The second-order valence-electron chi connectivity index (χ2n) is 8.44. The molecule has 0 radical (unpaired) electrons. The first-order valence-corrected chi connectivity index (χ1v) is 10.2. The lowest BCUT2D eigenvalue weighted by atomic mass is 9.89. The first kappa shape index (κ1) is 20.9. The summed E-state index contributed by atoms with van der Waals surface area (Å²) < 4.78 is 0. The standard InChI is InChI=1S/C24H31N3O2/c1-17-9-11-20(12-10-17)25-22(28)24(4,5)23(29)27-15-13-26(14-16-27)21-8-6-7-18(2)19(21)3/h6-12H,13-16H2,1-5H3,(H,25,28). The molecule has 29 heavy (non-hydrogen) atoms. The van der Waals surface area contributed by atoms with E-state index >= 15 is 0 Å². The zero-order chi connectivity index (χ0) is 21.2. The Morgan fingerprint density at radius 3 is 2.14 bits per heavy atom. The molecule has 1 heterocycles. The van der Waals surface area contributed by atoms with Gasteiger partial charge in [0, 0.05) is 37.6 Å².